The summed E-state index contributed by atoms with van der Waals surface area (Å²) in [6, 6.07) is 9.54. The Labute approximate surface area is 125 Å². The molecule has 1 aromatic carbocycles. The first-order chi connectivity index (χ1) is 9.19. The van der Waals surface area contributed by atoms with Gasteiger partial charge >= 0.3 is 0 Å². The van der Waals surface area contributed by atoms with Crippen molar-refractivity contribution in [2.45, 2.75) is 6.42 Å². The molecule has 1 aromatic heterocycles. The van der Waals surface area contributed by atoms with E-state index in [9.17, 15) is 0 Å². The molecule has 0 aliphatic carbocycles. The van der Waals surface area contributed by atoms with E-state index in [0.717, 1.165) is 10.9 Å². The Hall–Kier alpha value is -1.10. The Balaban J connectivity index is 2.06. The molecule has 0 atom stereocenters. The number of ether oxygens (including phenoxy) is 2. The Kier molecular flexibility index (Phi) is 5.19. The first-order valence-corrected chi connectivity index (χ1v) is 6.93. The number of hydrogen-bond acceptors (Lipinski definition) is 3. The zero-order valence-electron chi connectivity index (χ0n) is 10.4. The lowest BCUT2D eigenvalue weighted by Crippen LogP contribution is -1.94. The molecule has 19 heavy (non-hydrogen) atoms. The van der Waals surface area contributed by atoms with E-state index in [0.29, 0.717) is 23.3 Å². The fraction of sp³-hybridized carbons (Fsp3) is 0.214. The first-order valence-electron chi connectivity index (χ1n) is 5.76. The molecule has 0 radical (unpaired) electrons. The molecular formula is C14H13BrClNO2. The SMILES string of the molecule is COCCc1ccc(Oc2ncc(Br)cc2Cl)cc1. The fourth-order valence-electron chi connectivity index (χ4n) is 1.53. The number of rotatable bonds is 5. The first kappa shape index (κ1) is 14.3. The Morgan fingerprint density at radius 1 is 1.26 bits per heavy atom. The van der Waals surface area contributed by atoms with E-state index in [1.54, 1.807) is 19.4 Å². The van der Waals surface area contributed by atoms with Crippen LogP contribution in [0.25, 0.3) is 0 Å². The fourth-order valence-corrected chi connectivity index (χ4v) is 2.20. The zero-order valence-corrected chi connectivity index (χ0v) is 12.7. The van der Waals surface area contributed by atoms with Crippen LogP contribution in [0.3, 0.4) is 0 Å². The monoisotopic (exact) mass is 341 g/mol. The van der Waals surface area contributed by atoms with Crippen molar-refractivity contribution in [1.82, 2.24) is 4.98 Å². The molecule has 0 bridgehead atoms. The van der Waals surface area contributed by atoms with E-state index in [1.807, 2.05) is 24.3 Å². The second-order valence-electron chi connectivity index (χ2n) is 3.93. The van der Waals surface area contributed by atoms with Crippen molar-refractivity contribution in [3.05, 3.63) is 51.6 Å². The summed E-state index contributed by atoms with van der Waals surface area (Å²) in [5.74, 6) is 1.10. The minimum absolute atomic E-state index is 0.398. The number of nitrogens with zero attached hydrogens (tertiary/aromatic N) is 1. The average Bonchev–Trinajstić information content (AvgIpc) is 2.41. The third-order valence-electron chi connectivity index (χ3n) is 2.51. The maximum absolute atomic E-state index is 6.05. The molecule has 2 rings (SSSR count). The van der Waals surface area contributed by atoms with Crippen LogP contribution >= 0.6 is 27.5 Å². The highest BCUT2D eigenvalue weighted by molar-refractivity contribution is 9.10. The summed E-state index contributed by atoms with van der Waals surface area (Å²) in [6.45, 7) is 0.709. The van der Waals surface area contributed by atoms with Crippen molar-refractivity contribution in [2.24, 2.45) is 0 Å². The van der Waals surface area contributed by atoms with E-state index >= 15 is 0 Å². The highest BCUT2D eigenvalue weighted by Gasteiger charge is 2.05. The smallest absolute Gasteiger partial charge is 0.238 e. The molecule has 0 N–H and O–H groups in total. The molecule has 0 fully saturated rings. The standard InChI is InChI=1S/C14H13BrClNO2/c1-18-7-6-10-2-4-12(5-3-10)19-14-13(16)8-11(15)9-17-14/h2-5,8-9H,6-7H2,1H3. The molecule has 3 nitrogen and oxygen atoms in total. The number of methoxy groups -OCH3 is 1. The summed E-state index contributed by atoms with van der Waals surface area (Å²) in [5, 5.41) is 0.470. The van der Waals surface area contributed by atoms with Gasteiger partial charge in [0.25, 0.3) is 0 Å². The van der Waals surface area contributed by atoms with Gasteiger partial charge in [0.1, 0.15) is 10.8 Å². The second-order valence-corrected chi connectivity index (χ2v) is 5.25. The van der Waals surface area contributed by atoms with Crippen LogP contribution in [-0.2, 0) is 11.2 Å². The molecule has 0 saturated heterocycles. The third-order valence-corrected chi connectivity index (χ3v) is 3.21. The van der Waals surface area contributed by atoms with Gasteiger partial charge in [-0.05, 0) is 46.1 Å². The van der Waals surface area contributed by atoms with Gasteiger partial charge in [0.05, 0.1) is 6.61 Å². The van der Waals surface area contributed by atoms with E-state index < -0.39 is 0 Å². The Morgan fingerprint density at radius 3 is 2.63 bits per heavy atom. The number of pyridine rings is 1. The summed E-state index contributed by atoms with van der Waals surface area (Å²) in [4.78, 5) is 4.12. The van der Waals surface area contributed by atoms with Crippen molar-refractivity contribution in [3.8, 4) is 11.6 Å². The van der Waals surface area contributed by atoms with Gasteiger partial charge < -0.3 is 9.47 Å². The predicted octanol–water partition coefficient (Wildman–Crippen LogP) is 4.48. The van der Waals surface area contributed by atoms with Crippen LogP contribution in [0.4, 0.5) is 0 Å². The van der Waals surface area contributed by atoms with Crippen molar-refractivity contribution in [1.29, 1.82) is 0 Å². The third kappa shape index (κ3) is 4.20. The van der Waals surface area contributed by atoms with Crippen LogP contribution in [0.1, 0.15) is 5.56 Å². The van der Waals surface area contributed by atoms with Gasteiger partial charge in [0.2, 0.25) is 5.88 Å². The maximum atomic E-state index is 6.05. The largest absolute Gasteiger partial charge is 0.438 e. The summed E-state index contributed by atoms with van der Waals surface area (Å²) in [5.41, 5.74) is 1.20. The lowest BCUT2D eigenvalue weighted by atomic mass is 10.1. The predicted molar refractivity (Wildman–Crippen MR) is 79.0 cm³/mol. The molecule has 1 heterocycles. The van der Waals surface area contributed by atoms with Gasteiger partial charge in [-0.25, -0.2) is 4.98 Å². The van der Waals surface area contributed by atoms with E-state index in [4.69, 9.17) is 21.1 Å². The van der Waals surface area contributed by atoms with E-state index in [2.05, 4.69) is 20.9 Å². The lowest BCUT2D eigenvalue weighted by molar-refractivity contribution is 0.202. The molecule has 0 unspecified atom stereocenters. The van der Waals surface area contributed by atoms with E-state index in [-0.39, 0.29) is 0 Å². The molecule has 0 amide bonds. The molecule has 2 aromatic rings. The molecule has 0 saturated carbocycles. The summed E-state index contributed by atoms with van der Waals surface area (Å²) < 4.78 is 11.5. The minimum Gasteiger partial charge on any atom is -0.438 e. The molecule has 5 heteroatoms. The molecule has 0 aliphatic heterocycles. The van der Waals surface area contributed by atoms with E-state index in [1.165, 1.54) is 5.56 Å². The molecular weight excluding hydrogens is 330 g/mol. The zero-order chi connectivity index (χ0) is 13.7. The Morgan fingerprint density at radius 2 is 2.00 bits per heavy atom. The van der Waals surface area contributed by atoms with Crippen LogP contribution in [0.5, 0.6) is 11.6 Å². The number of benzene rings is 1. The van der Waals surface area contributed by atoms with Gasteiger partial charge in [-0.3, -0.25) is 0 Å². The van der Waals surface area contributed by atoms with Crippen molar-refractivity contribution < 1.29 is 9.47 Å². The Bertz CT molecular complexity index is 546. The molecule has 0 aliphatic rings. The topological polar surface area (TPSA) is 31.4 Å². The van der Waals surface area contributed by atoms with Gasteiger partial charge in [0, 0.05) is 17.8 Å². The molecule has 100 valence electrons. The number of halogens is 2. The van der Waals surface area contributed by atoms with Crippen LogP contribution < -0.4 is 4.74 Å². The second kappa shape index (κ2) is 6.89. The summed E-state index contributed by atoms with van der Waals surface area (Å²) in [6.07, 6.45) is 2.53. The minimum atomic E-state index is 0.398. The van der Waals surface area contributed by atoms with Gasteiger partial charge in [-0.2, -0.15) is 0 Å². The highest BCUT2D eigenvalue weighted by atomic mass is 79.9. The van der Waals surface area contributed by atoms with Crippen LogP contribution in [-0.4, -0.2) is 18.7 Å². The van der Waals surface area contributed by atoms with Gasteiger partial charge in [-0.1, -0.05) is 23.7 Å². The summed E-state index contributed by atoms with van der Waals surface area (Å²) >= 11 is 9.35. The van der Waals surface area contributed by atoms with Crippen LogP contribution in [0, 0.1) is 0 Å². The maximum Gasteiger partial charge on any atom is 0.238 e. The number of hydrogen-bond donors (Lipinski definition) is 0. The molecule has 0 spiro atoms. The normalized spacial score (nSPS) is 10.5. The van der Waals surface area contributed by atoms with Crippen molar-refractivity contribution in [2.75, 3.05) is 13.7 Å². The van der Waals surface area contributed by atoms with Crippen LogP contribution in [0.15, 0.2) is 41.0 Å². The van der Waals surface area contributed by atoms with Crippen molar-refractivity contribution in [3.63, 3.8) is 0 Å². The lowest BCUT2D eigenvalue weighted by Gasteiger charge is -2.07. The average molecular weight is 343 g/mol. The number of aromatic nitrogens is 1. The van der Waals surface area contributed by atoms with Gasteiger partial charge in [-0.15, -0.1) is 0 Å². The van der Waals surface area contributed by atoms with Gasteiger partial charge in [0.15, 0.2) is 0 Å². The quantitative estimate of drug-likeness (QED) is 0.803. The van der Waals surface area contributed by atoms with Crippen molar-refractivity contribution >= 4 is 27.5 Å². The van der Waals surface area contributed by atoms with Crippen LogP contribution in [0.2, 0.25) is 5.02 Å². The summed E-state index contributed by atoms with van der Waals surface area (Å²) in [7, 11) is 1.69. The highest BCUT2D eigenvalue weighted by Crippen LogP contribution is 2.29.